The Bertz CT molecular complexity index is 630. The van der Waals surface area contributed by atoms with E-state index in [2.05, 4.69) is 32.4 Å². The van der Waals surface area contributed by atoms with Gasteiger partial charge in [0.25, 0.3) is 0 Å². The first-order chi connectivity index (χ1) is 9.60. The van der Waals surface area contributed by atoms with E-state index in [4.69, 9.17) is 28.6 Å². The molecule has 0 bridgehead atoms. The molecule has 2 rings (SSSR count). The Kier molecular flexibility index (Phi) is 4.89. The van der Waals surface area contributed by atoms with Crippen LogP contribution in [-0.4, -0.2) is 18.9 Å². The number of nitrogens with zero attached hydrogens (tertiary/aromatic N) is 2. The van der Waals surface area contributed by atoms with Crippen LogP contribution >= 0.6 is 34.2 Å². The van der Waals surface area contributed by atoms with Crippen LogP contribution in [0.5, 0.6) is 5.75 Å². The van der Waals surface area contributed by atoms with Gasteiger partial charge in [-0.2, -0.15) is 0 Å². The fourth-order valence-corrected chi connectivity index (χ4v) is 2.50. The highest BCUT2D eigenvalue weighted by Crippen LogP contribution is 2.40. The number of halogens is 2. The summed E-state index contributed by atoms with van der Waals surface area (Å²) in [7, 11) is 1.66. The van der Waals surface area contributed by atoms with Crippen LogP contribution in [0, 0.1) is 6.57 Å². The van der Waals surface area contributed by atoms with Gasteiger partial charge in [-0.25, -0.2) is 4.85 Å². The molecule has 104 valence electrons. The first-order valence-corrected chi connectivity index (χ1v) is 7.49. The third-order valence-electron chi connectivity index (χ3n) is 2.82. The minimum Gasteiger partial charge on any atom is -0.501 e. The highest BCUT2D eigenvalue weighted by Gasteiger charge is 2.26. The van der Waals surface area contributed by atoms with E-state index in [0.29, 0.717) is 27.7 Å². The van der Waals surface area contributed by atoms with Crippen molar-refractivity contribution in [1.82, 2.24) is 0 Å². The van der Waals surface area contributed by atoms with Gasteiger partial charge in [-0.05, 0) is 47.6 Å². The summed E-state index contributed by atoms with van der Waals surface area (Å²) in [5.74, 6) is 0.521. The van der Waals surface area contributed by atoms with Crippen LogP contribution in [0.3, 0.4) is 0 Å². The Balaban J connectivity index is 2.56. The molecule has 0 amide bonds. The zero-order valence-electron chi connectivity index (χ0n) is 10.9. The summed E-state index contributed by atoms with van der Waals surface area (Å²) >= 11 is 8.22. The molecule has 1 aromatic carbocycles. The zero-order valence-corrected chi connectivity index (χ0v) is 13.8. The molecule has 0 saturated heterocycles. The monoisotopic (exact) mass is 401 g/mol. The van der Waals surface area contributed by atoms with Crippen LogP contribution in [0.2, 0.25) is 5.02 Å². The third-order valence-corrected chi connectivity index (χ3v) is 3.91. The second-order valence-electron chi connectivity index (χ2n) is 4.32. The number of allylic oxidation sites excluding steroid dienone is 1. The van der Waals surface area contributed by atoms with Crippen molar-refractivity contribution in [2.75, 3.05) is 7.05 Å². The van der Waals surface area contributed by atoms with Crippen LogP contribution in [-0.2, 0) is 0 Å². The van der Waals surface area contributed by atoms with Gasteiger partial charge >= 0.3 is 0 Å². The molecular weight excluding hydrogens is 389 g/mol. The molecule has 4 nitrogen and oxygen atoms in total. The van der Waals surface area contributed by atoms with Gasteiger partial charge in [0.1, 0.15) is 5.75 Å². The average Bonchev–Trinajstić information content (AvgIpc) is 3.23. The van der Waals surface area contributed by atoms with Gasteiger partial charge in [-0.3, -0.25) is 4.99 Å². The third kappa shape index (κ3) is 3.25. The number of nitrogens with two attached hydrogens (primary N) is 1. The molecule has 0 radical (unpaired) electrons. The molecule has 0 atom stereocenters. The fourth-order valence-electron chi connectivity index (χ4n) is 1.76. The van der Waals surface area contributed by atoms with Crippen LogP contribution in [0.15, 0.2) is 26.9 Å². The molecule has 0 unspecified atom stereocenters. The van der Waals surface area contributed by atoms with E-state index < -0.39 is 0 Å². The predicted octanol–water partition coefficient (Wildman–Crippen LogP) is 4.09. The summed E-state index contributed by atoms with van der Waals surface area (Å²) in [6, 6.07) is 3.40. The molecule has 20 heavy (non-hydrogen) atoms. The normalized spacial score (nSPS) is 15.9. The number of aliphatic imine (C=N–C) groups is 1. The van der Waals surface area contributed by atoms with Gasteiger partial charge in [-0.15, -0.1) is 0 Å². The van der Waals surface area contributed by atoms with Crippen molar-refractivity contribution < 1.29 is 4.74 Å². The van der Waals surface area contributed by atoms with Gasteiger partial charge in [0.2, 0.25) is 5.69 Å². The second kappa shape index (κ2) is 6.46. The highest BCUT2D eigenvalue weighted by atomic mass is 127. The van der Waals surface area contributed by atoms with Crippen LogP contribution in [0.25, 0.3) is 4.85 Å². The predicted molar refractivity (Wildman–Crippen MR) is 90.1 cm³/mol. The molecule has 1 fully saturated rings. The van der Waals surface area contributed by atoms with E-state index in [0.717, 1.165) is 16.4 Å². The maximum Gasteiger partial charge on any atom is 0.237 e. The Morgan fingerprint density at radius 2 is 2.30 bits per heavy atom. The first-order valence-electron chi connectivity index (χ1n) is 6.03. The van der Waals surface area contributed by atoms with Crippen molar-refractivity contribution in [2.45, 2.75) is 18.9 Å². The quantitative estimate of drug-likeness (QED) is 0.469. The summed E-state index contributed by atoms with van der Waals surface area (Å²) in [4.78, 5) is 7.81. The number of ether oxygens (including phenoxy) is 1. The van der Waals surface area contributed by atoms with Crippen LogP contribution < -0.4 is 10.5 Å². The standard InChI is InChI=1S/C14H13ClIN3O/c1-18-13(11(16)7-17)10-5-8(15)6-12(14(10)19-2)20-9-3-4-9/h5-7,9H,3-4,17H2,1H3/b11-7+,18-13?. The highest BCUT2D eigenvalue weighted by molar-refractivity contribution is 14.1. The van der Waals surface area contributed by atoms with Crippen molar-refractivity contribution in [2.24, 2.45) is 10.7 Å². The largest absolute Gasteiger partial charge is 0.501 e. The van der Waals surface area contributed by atoms with E-state index in [1.54, 1.807) is 19.2 Å². The Labute approximate surface area is 136 Å². The van der Waals surface area contributed by atoms with Gasteiger partial charge in [0, 0.05) is 23.8 Å². The van der Waals surface area contributed by atoms with Gasteiger partial charge in [-0.1, -0.05) is 11.6 Å². The smallest absolute Gasteiger partial charge is 0.237 e. The van der Waals surface area contributed by atoms with E-state index >= 15 is 0 Å². The van der Waals surface area contributed by atoms with E-state index in [9.17, 15) is 0 Å². The number of benzene rings is 1. The molecular formula is C14H13ClIN3O. The molecule has 1 saturated carbocycles. The maximum atomic E-state index is 7.42. The Morgan fingerprint density at radius 3 is 2.80 bits per heavy atom. The van der Waals surface area contributed by atoms with Crippen molar-refractivity contribution in [1.29, 1.82) is 0 Å². The molecule has 0 heterocycles. The topological polar surface area (TPSA) is 52.0 Å². The lowest BCUT2D eigenvalue weighted by atomic mass is 10.1. The summed E-state index contributed by atoms with van der Waals surface area (Å²) < 4.78 is 6.53. The van der Waals surface area contributed by atoms with E-state index in [-0.39, 0.29) is 6.10 Å². The van der Waals surface area contributed by atoms with Gasteiger partial charge in [0.05, 0.1) is 22.0 Å². The fraction of sp³-hybridized carbons (Fsp3) is 0.286. The summed E-state index contributed by atoms with van der Waals surface area (Å²) in [6.07, 6.45) is 3.70. The van der Waals surface area contributed by atoms with Crippen molar-refractivity contribution in [3.8, 4) is 5.75 Å². The lowest BCUT2D eigenvalue weighted by Gasteiger charge is -2.13. The van der Waals surface area contributed by atoms with E-state index in [1.807, 2.05) is 0 Å². The Hall–Kier alpha value is -1.26. The number of rotatable bonds is 4. The molecule has 6 heteroatoms. The lowest BCUT2D eigenvalue weighted by Crippen LogP contribution is -2.05. The summed E-state index contributed by atoms with van der Waals surface area (Å²) in [6.45, 7) is 7.42. The van der Waals surface area contributed by atoms with Crippen LogP contribution in [0.4, 0.5) is 5.69 Å². The number of hydrogen-bond acceptors (Lipinski definition) is 3. The SMILES string of the molecule is [C-]#[N+]c1c(OC2CC2)cc(Cl)cc1C(=NC)/C(I)=C\N. The molecule has 0 aliphatic heterocycles. The minimum absolute atomic E-state index is 0.202. The second-order valence-corrected chi connectivity index (χ2v) is 5.91. The van der Waals surface area contributed by atoms with Gasteiger partial charge < -0.3 is 10.5 Å². The first kappa shape index (κ1) is 15.1. The lowest BCUT2D eigenvalue weighted by molar-refractivity contribution is 0.305. The van der Waals surface area contributed by atoms with Crippen LogP contribution in [0.1, 0.15) is 18.4 Å². The zero-order chi connectivity index (χ0) is 14.7. The molecule has 1 aliphatic carbocycles. The molecule has 1 aliphatic rings. The molecule has 0 spiro atoms. The van der Waals surface area contributed by atoms with Crippen molar-refractivity contribution in [3.05, 3.63) is 43.9 Å². The number of hydrogen-bond donors (Lipinski definition) is 1. The summed E-state index contributed by atoms with van der Waals surface area (Å²) in [5, 5.41) is 0.519. The van der Waals surface area contributed by atoms with E-state index in [1.165, 1.54) is 6.20 Å². The molecule has 0 aromatic heterocycles. The molecule has 2 N–H and O–H groups in total. The van der Waals surface area contributed by atoms with Crippen molar-refractivity contribution >= 4 is 45.6 Å². The summed E-state index contributed by atoms with van der Waals surface area (Å²) in [5.41, 5.74) is 7.27. The molecule has 1 aromatic rings. The minimum atomic E-state index is 0.202. The maximum absolute atomic E-state index is 7.42. The average molecular weight is 402 g/mol. The van der Waals surface area contributed by atoms with Gasteiger partial charge in [0.15, 0.2) is 0 Å². The van der Waals surface area contributed by atoms with Crippen molar-refractivity contribution in [3.63, 3.8) is 0 Å². The Morgan fingerprint density at radius 1 is 1.60 bits per heavy atom.